The van der Waals surface area contributed by atoms with Crippen molar-refractivity contribution in [3.63, 3.8) is 0 Å². The van der Waals surface area contributed by atoms with Gasteiger partial charge < -0.3 is 10.6 Å². The first-order chi connectivity index (χ1) is 8.39. The predicted octanol–water partition coefficient (Wildman–Crippen LogP) is 1.91. The van der Waals surface area contributed by atoms with Crippen LogP contribution in [0.2, 0.25) is 0 Å². The van der Waals surface area contributed by atoms with Gasteiger partial charge in [-0.1, -0.05) is 6.42 Å². The summed E-state index contributed by atoms with van der Waals surface area (Å²) in [6.07, 6.45) is -1.52. The molecule has 2 rings (SSSR count). The van der Waals surface area contributed by atoms with Crippen LogP contribution >= 0.6 is 0 Å². The van der Waals surface area contributed by atoms with E-state index in [4.69, 9.17) is 5.73 Å². The average molecular weight is 264 g/mol. The number of hydrogen-bond acceptors (Lipinski definition) is 2. The summed E-state index contributed by atoms with van der Waals surface area (Å²) < 4.78 is 37.5. The van der Waals surface area contributed by atoms with Gasteiger partial charge in [0.25, 0.3) is 0 Å². The second kappa shape index (κ2) is 5.07. The number of carbonyl (C=O) groups is 1. The van der Waals surface area contributed by atoms with Gasteiger partial charge in [0.05, 0.1) is 11.8 Å². The van der Waals surface area contributed by atoms with E-state index in [-0.39, 0.29) is 43.8 Å². The molecule has 1 saturated carbocycles. The molecule has 1 aliphatic heterocycles. The molecule has 104 valence electrons. The van der Waals surface area contributed by atoms with Gasteiger partial charge in [0.15, 0.2) is 0 Å². The van der Waals surface area contributed by atoms with Crippen LogP contribution in [0.15, 0.2) is 0 Å². The summed E-state index contributed by atoms with van der Waals surface area (Å²) in [5.74, 6) is -1.47. The zero-order chi connectivity index (χ0) is 13.3. The maximum Gasteiger partial charge on any atom is 0.391 e. The Morgan fingerprint density at radius 1 is 1.11 bits per heavy atom. The molecule has 0 aromatic rings. The standard InChI is InChI=1S/C12H19F3N2O/c13-12(14,15)8-4-6-17(7-5-8)11(18)9-2-1-3-10(9)16/h8-10H,1-7,16H2. The number of nitrogens with two attached hydrogens (primary N) is 1. The molecule has 0 bridgehead atoms. The molecule has 0 aromatic heterocycles. The monoisotopic (exact) mass is 264 g/mol. The van der Waals surface area contributed by atoms with Gasteiger partial charge >= 0.3 is 6.18 Å². The number of hydrogen-bond donors (Lipinski definition) is 1. The van der Waals surface area contributed by atoms with E-state index in [0.29, 0.717) is 0 Å². The Bertz CT molecular complexity index is 311. The van der Waals surface area contributed by atoms with Gasteiger partial charge in [0.2, 0.25) is 5.91 Å². The number of alkyl halides is 3. The highest BCUT2D eigenvalue weighted by Crippen LogP contribution is 2.35. The quantitative estimate of drug-likeness (QED) is 0.786. The molecule has 0 radical (unpaired) electrons. The Kier molecular flexibility index (Phi) is 3.84. The lowest BCUT2D eigenvalue weighted by Gasteiger charge is -2.35. The van der Waals surface area contributed by atoms with Crippen LogP contribution in [0.3, 0.4) is 0 Å². The van der Waals surface area contributed by atoms with Crippen molar-refractivity contribution in [2.24, 2.45) is 17.6 Å². The van der Waals surface area contributed by atoms with Crippen LogP contribution in [0.4, 0.5) is 13.2 Å². The SMILES string of the molecule is NC1CCCC1C(=O)N1CCC(C(F)(F)F)CC1. The highest BCUT2D eigenvalue weighted by molar-refractivity contribution is 5.80. The molecular formula is C12H19F3N2O. The fourth-order valence-corrected chi connectivity index (χ4v) is 2.96. The van der Waals surface area contributed by atoms with Crippen molar-refractivity contribution in [1.82, 2.24) is 4.90 Å². The lowest BCUT2D eigenvalue weighted by atomic mass is 9.94. The molecule has 0 aromatic carbocycles. The van der Waals surface area contributed by atoms with E-state index < -0.39 is 12.1 Å². The van der Waals surface area contributed by atoms with Crippen molar-refractivity contribution in [3.8, 4) is 0 Å². The first kappa shape index (κ1) is 13.6. The number of rotatable bonds is 1. The molecule has 2 N–H and O–H groups in total. The van der Waals surface area contributed by atoms with E-state index in [1.807, 2.05) is 0 Å². The molecular weight excluding hydrogens is 245 g/mol. The lowest BCUT2D eigenvalue weighted by Crippen LogP contribution is -2.47. The van der Waals surface area contributed by atoms with Gasteiger partial charge in [-0.25, -0.2) is 0 Å². The van der Waals surface area contributed by atoms with E-state index >= 15 is 0 Å². The van der Waals surface area contributed by atoms with Crippen LogP contribution in [0.25, 0.3) is 0 Å². The number of halogens is 3. The Balaban J connectivity index is 1.88. The van der Waals surface area contributed by atoms with Crippen molar-refractivity contribution in [1.29, 1.82) is 0 Å². The fourth-order valence-electron chi connectivity index (χ4n) is 2.96. The number of likely N-dealkylation sites (tertiary alicyclic amines) is 1. The second-order valence-electron chi connectivity index (χ2n) is 5.34. The maximum atomic E-state index is 12.5. The third kappa shape index (κ3) is 2.79. The highest BCUT2D eigenvalue weighted by atomic mass is 19.4. The summed E-state index contributed by atoms with van der Waals surface area (Å²) in [5.41, 5.74) is 5.86. The molecule has 1 aliphatic carbocycles. The zero-order valence-corrected chi connectivity index (χ0v) is 10.2. The summed E-state index contributed by atoms with van der Waals surface area (Å²) in [4.78, 5) is 13.7. The van der Waals surface area contributed by atoms with Crippen LogP contribution < -0.4 is 5.73 Å². The molecule has 2 fully saturated rings. The Labute approximate surface area is 104 Å². The molecule has 2 unspecified atom stereocenters. The summed E-state index contributed by atoms with van der Waals surface area (Å²) in [5, 5.41) is 0. The Morgan fingerprint density at radius 3 is 2.17 bits per heavy atom. The van der Waals surface area contributed by atoms with Crippen molar-refractivity contribution in [2.75, 3.05) is 13.1 Å². The summed E-state index contributed by atoms with van der Waals surface area (Å²) >= 11 is 0. The third-order valence-corrected chi connectivity index (χ3v) is 4.16. The highest BCUT2D eigenvalue weighted by Gasteiger charge is 2.43. The zero-order valence-electron chi connectivity index (χ0n) is 10.2. The van der Waals surface area contributed by atoms with Crippen LogP contribution in [0, 0.1) is 11.8 Å². The summed E-state index contributed by atoms with van der Waals surface area (Å²) in [7, 11) is 0. The maximum absolute atomic E-state index is 12.5. The van der Waals surface area contributed by atoms with Gasteiger partial charge in [0.1, 0.15) is 0 Å². The second-order valence-corrected chi connectivity index (χ2v) is 5.34. The van der Waals surface area contributed by atoms with Crippen LogP contribution in [-0.2, 0) is 4.79 Å². The molecule has 2 aliphatic rings. The van der Waals surface area contributed by atoms with Gasteiger partial charge in [-0.05, 0) is 25.7 Å². The third-order valence-electron chi connectivity index (χ3n) is 4.16. The van der Waals surface area contributed by atoms with Gasteiger partial charge in [-0.2, -0.15) is 13.2 Å². The minimum Gasteiger partial charge on any atom is -0.342 e. The molecule has 18 heavy (non-hydrogen) atoms. The minimum absolute atomic E-state index is 0.0250. The van der Waals surface area contributed by atoms with Crippen molar-refractivity contribution in [3.05, 3.63) is 0 Å². The van der Waals surface area contributed by atoms with E-state index in [1.165, 1.54) is 0 Å². The smallest absolute Gasteiger partial charge is 0.342 e. The Morgan fingerprint density at radius 2 is 1.72 bits per heavy atom. The predicted molar refractivity (Wildman–Crippen MR) is 60.7 cm³/mol. The van der Waals surface area contributed by atoms with Gasteiger partial charge in [-0.3, -0.25) is 4.79 Å². The van der Waals surface area contributed by atoms with Crippen LogP contribution in [-0.4, -0.2) is 36.1 Å². The van der Waals surface area contributed by atoms with E-state index in [1.54, 1.807) is 4.90 Å². The van der Waals surface area contributed by atoms with E-state index in [9.17, 15) is 18.0 Å². The fraction of sp³-hybridized carbons (Fsp3) is 0.917. The normalized spacial score (nSPS) is 30.8. The van der Waals surface area contributed by atoms with Crippen molar-refractivity contribution >= 4 is 5.91 Å². The van der Waals surface area contributed by atoms with Crippen molar-refractivity contribution in [2.45, 2.75) is 44.3 Å². The number of carbonyl (C=O) groups excluding carboxylic acids is 1. The first-order valence-corrected chi connectivity index (χ1v) is 6.50. The van der Waals surface area contributed by atoms with E-state index in [2.05, 4.69) is 0 Å². The molecule has 1 saturated heterocycles. The van der Waals surface area contributed by atoms with Gasteiger partial charge in [0, 0.05) is 19.1 Å². The Hall–Kier alpha value is -0.780. The minimum atomic E-state index is -4.13. The lowest BCUT2D eigenvalue weighted by molar-refractivity contribution is -0.187. The van der Waals surface area contributed by atoms with E-state index in [0.717, 1.165) is 19.3 Å². The van der Waals surface area contributed by atoms with Crippen LogP contribution in [0.1, 0.15) is 32.1 Å². The van der Waals surface area contributed by atoms with Crippen LogP contribution in [0.5, 0.6) is 0 Å². The number of nitrogens with zero attached hydrogens (tertiary/aromatic N) is 1. The molecule has 0 spiro atoms. The summed E-state index contributed by atoms with van der Waals surface area (Å²) in [6.45, 7) is 0.429. The molecule has 1 heterocycles. The molecule has 3 nitrogen and oxygen atoms in total. The largest absolute Gasteiger partial charge is 0.391 e. The number of amides is 1. The van der Waals surface area contributed by atoms with Crippen molar-refractivity contribution < 1.29 is 18.0 Å². The number of piperidine rings is 1. The molecule has 2 atom stereocenters. The molecule has 6 heteroatoms. The first-order valence-electron chi connectivity index (χ1n) is 6.50. The summed E-state index contributed by atoms with van der Waals surface area (Å²) in [6, 6.07) is -0.113. The molecule has 1 amide bonds. The topological polar surface area (TPSA) is 46.3 Å². The average Bonchev–Trinajstić information content (AvgIpc) is 2.73. The van der Waals surface area contributed by atoms with Gasteiger partial charge in [-0.15, -0.1) is 0 Å².